The molecule has 0 unspecified atom stereocenters. The van der Waals surface area contributed by atoms with Gasteiger partial charge in [-0.05, 0) is 25.1 Å². The maximum atomic E-state index is 12.9. The van der Waals surface area contributed by atoms with Gasteiger partial charge in [0.2, 0.25) is 0 Å². The molecule has 0 bridgehead atoms. The molecule has 0 saturated heterocycles. The van der Waals surface area contributed by atoms with E-state index in [4.69, 9.17) is 4.74 Å². The quantitative estimate of drug-likeness (QED) is 0.807. The summed E-state index contributed by atoms with van der Waals surface area (Å²) in [4.78, 5) is 24.6. The third-order valence-electron chi connectivity index (χ3n) is 3.87. The van der Waals surface area contributed by atoms with Crippen molar-refractivity contribution in [1.29, 1.82) is 0 Å². The van der Waals surface area contributed by atoms with Crippen LogP contribution in [0.15, 0.2) is 53.3 Å². The minimum atomic E-state index is -1.07. The molecule has 0 fully saturated rings. The Morgan fingerprint density at radius 1 is 1.04 bits per heavy atom. The van der Waals surface area contributed by atoms with Crippen LogP contribution in [0.3, 0.4) is 0 Å². The van der Waals surface area contributed by atoms with Crippen LogP contribution >= 0.6 is 0 Å². The van der Waals surface area contributed by atoms with Crippen molar-refractivity contribution in [3.63, 3.8) is 0 Å². The monoisotopic (exact) mass is 309 g/mol. The van der Waals surface area contributed by atoms with Gasteiger partial charge in [-0.3, -0.25) is 9.36 Å². The second-order valence-corrected chi connectivity index (χ2v) is 5.12. The molecule has 1 heterocycles. The highest BCUT2D eigenvalue weighted by atomic mass is 16.5. The summed E-state index contributed by atoms with van der Waals surface area (Å²) in [6.07, 6.45) is 0. The number of rotatable bonds is 3. The summed E-state index contributed by atoms with van der Waals surface area (Å²) in [5.74, 6) is -0.563. The number of benzene rings is 2. The summed E-state index contributed by atoms with van der Waals surface area (Å²) < 4.78 is 6.71. The van der Waals surface area contributed by atoms with Gasteiger partial charge in [0.25, 0.3) is 5.56 Å². The van der Waals surface area contributed by atoms with Crippen LogP contribution in [0.1, 0.15) is 16.1 Å². The molecule has 0 aliphatic carbocycles. The number of aromatic carboxylic acids is 1. The molecule has 5 nitrogen and oxygen atoms in total. The summed E-state index contributed by atoms with van der Waals surface area (Å²) in [6.45, 7) is 1.63. The minimum absolute atomic E-state index is 0.117. The van der Waals surface area contributed by atoms with Crippen LogP contribution in [0.5, 0.6) is 5.75 Å². The van der Waals surface area contributed by atoms with Crippen molar-refractivity contribution >= 4 is 16.7 Å². The number of carbonyl (C=O) groups is 1. The molecule has 3 rings (SSSR count). The molecule has 5 heteroatoms. The van der Waals surface area contributed by atoms with Crippen LogP contribution in [0.4, 0.5) is 0 Å². The van der Waals surface area contributed by atoms with Crippen LogP contribution in [0.25, 0.3) is 16.5 Å². The van der Waals surface area contributed by atoms with E-state index in [2.05, 4.69) is 0 Å². The Morgan fingerprint density at radius 2 is 1.65 bits per heavy atom. The molecule has 0 saturated carbocycles. The number of aromatic nitrogens is 1. The number of methoxy groups -OCH3 is 1. The number of fused-ring (bicyclic) bond motifs is 1. The number of hydrogen-bond donors (Lipinski definition) is 1. The Labute approximate surface area is 132 Å². The summed E-state index contributed by atoms with van der Waals surface area (Å²) in [7, 11) is 1.51. The fraction of sp³-hybridized carbons (Fsp3) is 0.111. The summed E-state index contributed by atoms with van der Waals surface area (Å²) in [6, 6.07) is 13.8. The Balaban J connectivity index is 2.52. The maximum absolute atomic E-state index is 12.9. The van der Waals surface area contributed by atoms with E-state index in [0.29, 0.717) is 27.9 Å². The molecule has 0 atom stereocenters. The number of ether oxygens (including phenoxy) is 1. The topological polar surface area (TPSA) is 68.5 Å². The number of pyridine rings is 1. The maximum Gasteiger partial charge on any atom is 0.338 e. The molecular formula is C18H15NO4. The van der Waals surface area contributed by atoms with Gasteiger partial charge in [-0.1, -0.05) is 30.3 Å². The van der Waals surface area contributed by atoms with E-state index in [0.717, 1.165) is 0 Å². The zero-order chi connectivity index (χ0) is 16.6. The smallest absolute Gasteiger partial charge is 0.338 e. The first-order chi connectivity index (χ1) is 11.1. The second kappa shape index (κ2) is 5.61. The van der Waals surface area contributed by atoms with Crippen LogP contribution in [-0.4, -0.2) is 22.8 Å². The molecule has 23 heavy (non-hydrogen) atoms. The molecule has 3 aromatic rings. The van der Waals surface area contributed by atoms with Crippen LogP contribution in [0, 0.1) is 6.92 Å². The molecular weight excluding hydrogens is 294 g/mol. The Bertz CT molecular complexity index is 972. The zero-order valence-electron chi connectivity index (χ0n) is 12.7. The van der Waals surface area contributed by atoms with E-state index >= 15 is 0 Å². The Kier molecular flexibility index (Phi) is 3.62. The van der Waals surface area contributed by atoms with Crippen LogP contribution in [0.2, 0.25) is 0 Å². The highest BCUT2D eigenvalue weighted by molar-refractivity contribution is 6.04. The normalized spacial score (nSPS) is 10.7. The van der Waals surface area contributed by atoms with Gasteiger partial charge >= 0.3 is 5.97 Å². The van der Waals surface area contributed by atoms with E-state index < -0.39 is 5.97 Å². The standard InChI is InChI=1S/C18H15NO4/c1-11-16(18(21)22)12-7-3-4-8-13(12)17(20)19(11)14-9-5-6-10-15(14)23-2/h3-10H,1-2H3,(H,21,22). The van der Waals surface area contributed by atoms with Crippen molar-refractivity contribution in [3.05, 3.63) is 70.1 Å². The lowest BCUT2D eigenvalue weighted by atomic mass is 10.0. The third-order valence-corrected chi connectivity index (χ3v) is 3.87. The zero-order valence-corrected chi connectivity index (χ0v) is 12.7. The van der Waals surface area contributed by atoms with Gasteiger partial charge in [0.15, 0.2) is 0 Å². The highest BCUT2D eigenvalue weighted by Gasteiger charge is 2.20. The van der Waals surface area contributed by atoms with E-state index in [-0.39, 0.29) is 11.1 Å². The molecule has 0 spiro atoms. The average Bonchev–Trinajstić information content (AvgIpc) is 2.55. The van der Waals surface area contributed by atoms with Crippen LogP contribution in [-0.2, 0) is 0 Å². The summed E-state index contributed by atoms with van der Waals surface area (Å²) in [5.41, 5.74) is 0.732. The number of para-hydroxylation sites is 2. The molecule has 1 N–H and O–H groups in total. The number of hydrogen-bond acceptors (Lipinski definition) is 3. The van der Waals surface area contributed by atoms with E-state index in [1.54, 1.807) is 55.5 Å². The van der Waals surface area contributed by atoms with E-state index in [1.807, 2.05) is 0 Å². The van der Waals surface area contributed by atoms with Gasteiger partial charge in [-0.25, -0.2) is 4.79 Å². The number of carboxylic acids is 1. The van der Waals surface area contributed by atoms with Crippen molar-refractivity contribution in [2.45, 2.75) is 6.92 Å². The lowest BCUT2D eigenvalue weighted by molar-refractivity contribution is 0.0697. The first kappa shape index (κ1) is 14.8. The molecule has 116 valence electrons. The fourth-order valence-electron chi connectivity index (χ4n) is 2.84. The van der Waals surface area contributed by atoms with Crippen LogP contribution < -0.4 is 10.3 Å². The second-order valence-electron chi connectivity index (χ2n) is 5.12. The Hall–Kier alpha value is -3.08. The molecule has 1 aromatic heterocycles. The largest absolute Gasteiger partial charge is 0.495 e. The van der Waals surface area contributed by atoms with Gasteiger partial charge < -0.3 is 9.84 Å². The summed E-state index contributed by atoms with van der Waals surface area (Å²) in [5, 5.41) is 10.4. The van der Waals surface area contributed by atoms with Crippen molar-refractivity contribution in [2.75, 3.05) is 7.11 Å². The van der Waals surface area contributed by atoms with E-state index in [1.165, 1.54) is 11.7 Å². The lowest BCUT2D eigenvalue weighted by Crippen LogP contribution is -2.24. The van der Waals surface area contributed by atoms with Crippen molar-refractivity contribution in [1.82, 2.24) is 4.57 Å². The first-order valence-corrected chi connectivity index (χ1v) is 7.07. The van der Waals surface area contributed by atoms with Gasteiger partial charge in [-0.2, -0.15) is 0 Å². The van der Waals surface area contributed by atoms with Gasteiger partial charge in [0.05, 0.1) is 18.4 Å². The minimum Gasteiger partial charge on any atom is -0.495 e. The van der Waals surface area contributed by atoms with Gasteiger partial charge in [0.1, 0.15) is 5.75 Å². The molecule has 2 aromatic carbocycles. The number of nitrogens with zero attached hydrogens (tertiary/aromatic N) is 1. The Morgan fingerprint density at radius 3 is 2.30 bits per heavy atom. The van der Waals surface area contributed by atoms with Crippen molar-refractivity contribution in [2.24, 2.45) is 0 Å². The molecule has 0 radical (unpaired) electrons. The molecule has 0 aliphatic heterocycles. The highest BCUT2D eigenvalue weighted by Crippen LogP contribution is 2.26. The van der Waals surface area contributed by atoms with Crippen molar-refractivity contribution in [3.8, 4) is 11.4 Å². The SMILES string of the molecule is COc1ccccc1-n1c(C)c(C(=O)O)c2ccccc2c1=O. The third kappa shape index (κ3) is 2.26. The van der Waals surface area contributed by atoms with Gasteiger partial charge in [-0.15, -0.1) is 0 Å². The van der Waals surface area contributed by atoms with E-state index in [9.17, 15) is 14.7 Å². The van der Waals surface area contributed by atoms with Crippen molar-refractivity contribution < 1.29 is 14.6 Å². The number of carboxylic acid groups (broad SMARTS) is 1. The molecule has 0 amide bonds. The predicted molar refractivity (Wildman–Crippen MR) is 87.8 cm³/mol. The first-order valence-electron chi connectivity index (χ1n) is 7.07. The van der Waals surface area contributed by atoms with Gasteiger partial charge in [0, 0.05) is 16.5 Å². The summed E-state index contributed by atoms with van der Waals surface area (Å²) >= 11 is 0. The fourth-order valence-corrected chi connectivity index (χ4v) is 2.84. The lowest BCUT2D eigenvalue weighted by Gasteiger charge is -2.17. The predicted octanol–water partition coefficient (Wildman–Crippen LogP) is 3.01. The molecule has 0 aliphatic rings. The average molecular weight is 309 g/mol.